The Bertz CT molecular complexity index is 1150. The molecule has 0 bridgehead atoms. The first-order chi connectivity index (χ1) is 13.2. The van der Waals surface area contributed by atoms with Crippen molar-refractivity contribution in [3.8, 4) is 16.1 Å². The molecule has 4 rings (SSSR count). The van der Waals surface area contributed by atoms with Crippen molar-refractivity contribution in [3.63, 3.8) is 0 Å². The molecule has 0 radical (unpaired) electrons. The number of hydrogen-bond acceptors (Lipinski definition) is 6. The van der Waals surface area contributed by atoms with Crippen LogP contribution in [0.2, 0.25) is 5.02 Å². The van der Waals surface area contributed by atoms with Gasteiger partial charge in [0.2, 0.25) is 5.96 Å². The van der Waals surface area contributed by atoms with E-state index in [1.807, 2.05) is 37.3 Å². The molecule has 7 nitrogen and oxygen atoms in total. The van der Waals surface area contributed by atoms with E-state index < -0.39 is 15.2 Å². The van der Waals surface area contributed by atoms with Gasteiger partial charge in [-0.25, -0.2) is 13.9 Å². The number of guanidine groups is 1. The van der Waals surface area contributed by atoms with Gasteiger partial charge >= 0.3 is 0 Å². The summed E-state index contributed by atoms with van der Waals surface area (Å²) < 4.78 is 16.0. The molecule has 1 aromatic carbocycles. The average Bonchev–Trinajstić information content (AvgIpc) is 3.29. The molecule has 0 saturated carbocycles. The SMILES string of the molecule is C=S1(=O)C[C@@](C)(c2sc(-c3ccc(-n4ccnn4)cc3)cc2Cl)N=C(N)N1C. The van der Waals surface area contributed by atoms with Gasteiger partial charge in [-0.3, -0.25) is 4.31 Å². The third-order valence-corrected chi connectivity index (χ3v) is 8.75. The molecule has 0 fully saturated rings. The van der Waals surface area contributed by atoms with Crippen LogP contribution >= 0.6 is 22.9 Å². The second kappa shape index (κ2) is 6.61. The third kappa shape index (κ3) is 3.19. The van der Waals surface area contributed by atoms with Crippen molar-refractivity contribution in [3.05, 3.63) is 52.6 Å². The lowest BCUT2D eigenvalue weighted by molar-refractivity contribution is 0.522. The Morgan fingerprint density at radius 1 is 1.36 bits per heavy atom. The Morgan fingerprint density at radius 3 is 2.68 bits per heavy atom. The fourth-order valence-electron chi connectivity index (χ4n) is 3.18. The highest BCUT2D eigenvalue weighted by molar-refractivity contribution is 7.98. The maximum atomic E-state index is 12.9. The molecular weight excluding hydrogens is 416 g/mol. The number of aromatic nitrogens is 3. The molecule has 0 spiro atoms. The zero-order valence-electron chi connectivity index (χ0n) is 15.4. The normalized spacial score (nSPS) is 25.0. The van der Waals surface area contributed by atoms with Gasteiger partial charge in [0, 0.05) is 11.9 Å². The molecule has 0 aliphatic carbocycles. The highest BCUT2D eigenvalue weighted by Crippen LogP contribution is 2.44. The van der Waals surface area contributed by atoms with E-state index in [-0.39, 0.29) is 11.7 Å². The molecule has 1 unspecified atom stereocenters. The van der Waals surface area contributed by atoms with E-state index >= 15 is 0 Å². The van der Waals surface area contributed by atoms with Crippen LogP contribution in [0.3, 0.4) is 0 Å². The lowest BCUT2D eigenvalue weighted by atomic mass is 10.0. The Balaban J connectivity index is 1.71. The van der Waals surface area contributed by atoms with Gasteiger partial charge in [-0.1, -0.05) is 28.9 Å². The molecular formula is C18H19ClN6OS2. The van der Waals surface area contributed by atoms with Crippen LogP contribution in [-0.4, -0.2) is 48.1 Å². The fourth-order valence-corrected chi connectivity index (χ4v) is 6.57. The topological polar surface area (TPSA) is 89.4 Å². The summed E-state index contributed by atoms with van der Waals surface area (Å²) in [6.45, 7) is 1.90. The zero-order chi connectivity index (χ0) is 20.1. The summed E-state index contributed by atoms with van der Waals surface area (Å²) in [7, 11) is -0.915. The smallest absolute Gasteiger partial charge is 0.203 e. The van der Waals surface area contributed by atoms with E-state index in [0.717, 1.165) is 21.0 Å². The van der Waals surface area contributed by atoms with E-state index in [2.05, 4.69) is 21.2 Å². The molecule has 10 heteroatoms. The molecule has 3 aromatic rings. The van der Waals surface area contributed by atoms with Gasteiger partial charge in [-0.15, -0.1) is 16.4 Å². The summed E-state index contributed by atoms with van der Waals surface area (Å²) in [5.41, 5.74) is 7.16. The monoisotopic (exact) mass is 434 g/mol. The molecule has 1 aliphatic rings. The summed E-state index contributed by atoms with van der Waals surface area (Å²) >= 11 is 8.08. The van der Waals surface area contributed by atoms with Crippen molar-refractivity contribution in [2.45, 2.75) is 12.5 Å². The number of halogens is 1. The fraction of sp³-hybridized carbons (Fsp3) is 0.222. The van der Waals surface area contributed by atoms with Crippen molar-refractivity contribution in [2.75, 3.05) is 12.8 Å². The van der Waals surface area contributed by atoms with Gasteiger partial charge in [0.05, 0.1) is 43.4 Å². The molecule has 2 atom stereocenters. The summed E-state index contributed by atoms with van der Waals surface area (Å²) in [4.78, 5) is 6.41. The molecule has 1 aliphatic heterocycles. The average molecular weight is 435 g/mol. The Kier molecular flexibility index (Phi) is 4.48. The first kappa shape index (κ1) is 19.0. The van der Waals surface area contributed by atoms with Gasteiger partial charge in [-0.2, -0.15) is 0 Å². The standard InChI is InChI=1S/C18H19ClN6OS2/c1-18(11-28(3,26)24(2)17(20)22-18)16-14(19)10-15(27-16)12-4-6-13(7-5-12)25-9-8-21-23-25/h4-10H,3,11H2,1-2H3,(H2,20,22)/t18-,28?/m0/s1. The highest BCUT2D eigenvalue weighted by Gasteiger charge is 2.39. The van der Waals surface area contributed by atoms with Gasteiger partial charge in [0.1, 0.15) is 5.54 Å². The third-order valence-electron chi connectivity index (χ3n) is 4.70. The zero-order valence-corrected chi connectivity index (χ0v) is 17.8. The number of aliphatic imine (C=N–C) groups is 1. The molecule has 0 saturated heterocycles. The minimum absolute atomic E-state index is 0.206. The van der Waals surface area contributed by atoms with E-state index in [4.69, 9.17) is 17.3 Å². The Labute approximate surface area is 172 Å². The van der Waals surface area contributed by atoms with Crippen molar-refractivity contribution >= 4 is 44.5 Å². The number of thiophene rings is 1. The first-order valence-corrected chi connectivity index (χ1v) is 11.5. The van der Waals surface area contributed by atoms with Crippen LogP contribution in [0.25, 0.3) is 16.1 Å². The van der Waals surface area contributed by atoms with Crippen LogP contribution in [-0.2, 0) is 15.2 Å². The second-order valence-electron chi connectivity index (χ2n) is 6.84. The molecule has 146 valence electrons. The van der Waals surface area contributed by atoms with Crippen molar-refractivity contribution in [1.29, 1.82) is 0 Å². The molecule has 3 heterocycles. The summed E-state index contributed by atoms with van der Waals surface area (Å²) in [6.07, 6.45) is 3.42. The Morgan fingerprint density at radius 2 is 2.07 bits per heavy atom. The van der Waals surface area contributed by atoms with E-state index in [9.17, 15) is 4.21 Å². The predicted octanol–water partition coefficient (Wildman–Crippen LogP) is 2.76. The number of rotatable bonds is 3. The predicted molar refractivity (Wildman–Crippen MR) is 117 cm³/mol. The van der Waals surface area contributed by atoms with Crippen molar-refractivity contribution in [2.24, 2.45) is 10.7 Å². The van der Waals surface area contributed by atoms with E-state index in [1.165, 1.54) is 15.6 Å². The molecule has 0 amide bonds. The van der Waals surface area contributed by atoms with Crippen LogP contribution in [0, 0.1) is 0 Å². The minimum Gasteiger partial charge on any atom is -0.369 e. The number of nitrogens with two attached hydrogens (primary N) is 1. The molecule has 2 N–H and O–H groups in total. The van der Waals surface area contributed by atoms with Crippen LogP contribution in [0.15, 0.2) is 47.7 Å². The van der Waals surface area contributed by atoms with E-state index in [0.29, 0.717) is 5.02 Å². The Hall–Kier alpha value is -2.36. The van der Waals surface area contributed by atoms with Crippen LogP contribution in [0.4, 0.5) is 0 Å². The van der Waals surface area contributed by atoms with Gasteiger partial charge in [0.15, 0.2) is 0 Å². The minimum atomic E-state index is -2.56. The van der Waals surface area contributed by atoms with Gasteiger partial charge in [-0.05, 0) is 36.6 Å². The quantitative estimate of drug-likeness (QED) is 0.642. The van der Waals surface area contributed by atoms with Crippen molar-refractivity contribution < 1.29 is 4.21 Å². The van der Waals surface area contributed by atoms with Crippen LogP contribution in [0.1, 0.15) is 11.8 Å². The lowest BCUT2D eigenvalue weighted by Crippen LogP contribution is -2.50. The van der Waals surface area contributed by atoms with Gasteiger partial charge in [0.25, 0.3) is 0 Å². The summed E-state index contributed by atoms with van der Waals surface area (Å²) in [5.74, 6) is 4.31. The molecule has 28 heavy (non-hydrogen) atoms. The first-order valence-electron chi connectivity index (χ1n) is 8.41. The maximum Gasteiger partial charge on any atom is 0.203 e. The van der Waals surface area contributed by atoms with Gasteiger partial charge < -0.3 is 5.73 Å². The summed E-state index contributed by atoms with van der Waals surface area (Å²) in [6, 6.07) is 9.84. The number of benzene rings is 1. The molecule has 2 aromatic heterocycles. The highest BCUT2D eigenvalue weighted by atomic mass is 35.5. The maximum absolute atomic E-state index is 12.9. The summed E-state index contributed by atoms with van der Waals surface area (Å²) in [5, 5.41) is 8.39. The number of hydrogen-bond donors (Lipinski definition) is 1. The lowest BCUT2D eigenvalue weighted by Gasteiger charge is -2.36. The van der Waals surface area contributed by atoms with E-state index in [1.54, 1.807) is 24.1 Å². The van der Waals surface area contributed by atoms with Crippen molar-refractivity contribution in [1.82, 2.24) is 19.3 Å². The van der Waals surface area contributed by atoms with Crippen LogP contribution < -0.4 is 5.73 Å². The largest absolute Gasteiger partial charge is 0.369 e. The van der Waals surface area contributed by atoms with Crippen LogP contribution in [0.5, 0.6) is 0 Å². The second-order valence-corrected chi connectivity index (χ2v) is 10.7. The number of nitrogens with zero attached hydrogens (tertiary/aromatic N) is 5.